The molecule has 5 heteroatoms. The molecule has 84 valence electrons. The summed E-state index contributed by atoms with van der Waals surface area (Å²) < 4.78 is 0. The van der Waals surface area contributed by atoms with Gasteiger partial charge in [-0.2, -0.15) is 0 Å². The predicted molar refractivity (Wildman–Crippen MR) is 61.8 cm³/mol. The molecule has 0 bridgehead atoms. The second kappa shape index (κ2) is 5.11. The highest BCUT2D eigenvalue weighted by Gasteiger charge is 2.16. The molecule has 15 heavy (non-hydrogen) atoms. The van der Waals surface area contributed by atoms with Crippen molar-refractivity contribution in [3.8, 4) is 0 Å². The molecule has 1 rings (SSSR count). The third kappa shape index (κ3) is 2.68. The maximum absolute atomic E-state index is 10.7. The van der Waals surface area contributed by atoms with E-state index in [9.17, 15) is 4.79 Å². The van der Waals surface area contributed by atoms with E-state index < -0.39 is 5.97 Å². The van der Waals surface area contributed by atoms with Crippen LogP contribution in [0.2, 0.25) is 0 Å². The Bertz CT molecular complexity index is 338. The van der Waals surface area contributed by atoms with Crippen LogP contribution in [0, 0.1) is 0 Å². The van der Waals surface area contributed by atoms with Gasteiger partial charge in [0, 0.05) is 12.6 Å². The lowest BCUT2D eigenvalue weighted by Gasteiger charge is -2.26. The standard InChI is InChI=1S/C10H16N2O2S/c1-4-7(3)12(5-2)10-11-6-8(15-10)9(13)14/h6-7H,4-5H2,1-3H3,(H,13,14). The summed E-state index contributed by atoms with van der Waals surface area (Å²) in [5, 5.41) is 9.60. The molecule has 1 atom stereocenters. The molecule has 0 aliphatic heterocycles. The molecular formula is C10H16N2O2S. The fourth-order valence-corrected chi connectivity index (χ4v) is 2.27. The highest BCUT2D eigenvalue weighted by atomic mass is 32.1. The maximum Gasteiger partial charge on any atom is 0.347 e. The molecule has 0 radical (unpaired) electrons. The Kier molecular flexibility index (Phi) is 4.08. The highest BCUT2D eigenvalue weighted by Crippen LogP contribution is 2.24. The zero-order valence-electron chi connectivity index (χ0n) is 9.23. The topological polar surface area (TPSA) is 53.4 Å². The lowest BCUT2D eigenvalue weighted by molar-refractivity contribution is 0.0702. The van der Waals surface area contributed by atoms with Gasteiger partial charge in [0.05, 0.1) is 6.20 Å². The summed E-state index contributed by atoms with van der Waals surface area (Å²) in [7, 11) is 0. The first-order valence-corrected chi connectivity index (χ1v) is 5.87. The van der Waals surface area contributed by atoms with Crippen molar-refractivity contribution in [3.63, 3.8) is 0 Å². The zero-order chi connectivity index (χ0) is 11.4. The molecule has 1 N–H and O–H groups in total. The van der Waals surface area contributed by atoms with Gasteiger partial charge in [0.1, 0.15) is 4.88 Å². The molecule has 0 spiro atoms. The van der Waals surface area contributed by atoms with Crippen LogP contribution < -0.4 is 4.90 Å². The molecular weight excluding hydrogens is 212 g/mol. The van der Waals surface area contributed by atoms with Gasteiger partial charge in [-0.25, -0.2) is 9.78 Å². The smallest absolute Gasteiger partial charge is 0.347 e. The number of hydrogen-bond acceptors (Lipinski definition) is 4. The summed E-state index contributed by atoms with van der Waals surface area (Å²) >= 11 is 1.23. The molecule has 0 saturated carbocycles. The number of carboxylic acids is 1. The van der Waals surface area contributed by atoms with Crippen LogP contribution in [0.5, 0.6) is 0 Å². The average Bonchev–Trinajstić information content (AvgIpc) is 2.68. The molecule has 0 aromatic carbocycles. The van der Waals surface area contributed by atoms with E-state index in [4.69, 9.17) is 5.11 Å². The number of carboxylic acid groups (broad SMARTS) is 1. The fourth-order valence-electron chi connectivity index (χ4n) is 1.35. The summed E-state index contributed by atoms with van der Waals surface area (Å²) in [5.41, 5.74) is 0. The van der Waals surface area contributed by atoms with E-state index in [-0.39, 0.29) is 0 Å². The monoisotopic (exact) mass is 228 g/mol. The van der Waals surface area contributed by atoms with Gasteiger partial charge in [-0.3, -0.25) is 0 Å². The Balaban J connectivity index is 2.87. The molecule has 0 saturated heterocycles. The van der Waals surface area contributed by atoms with Gasteiger partial charge in [0.15, 0.2) is 5.13 Å². The third-order valence-electron chi connectivity index (χ3n) is 2.41. The average molecular weight is 228 g/mol. The highest BCUT2D eigenvalue weighted by molar-refractivity contribution is 7.17. The van der Waals surface area contributed by atoms with Crippen molar-refractivity contribution in [1.29, 1.82) is 0 Å². The Morgan fingerprint density at radius 2 is 2.33 bits per heavy atom. The minimum Gasteiger partial charge on any atom is -0.477 e. The summed E-state index contributed by atoms with van der Waals surface area (Å²) in [4.78, 5) is 17.3. The van der Waals surface area contributed by atoms with E-state index in [0.717, 1.165) is 18.1 Å². The Labute approximate surface area is 93.6 Å². The number of hydrogen-bond donors (Lipinski definition) is 1. The summed E-state index contributed by atoms with van der Waals surface area (Å²) in [5.74, 6) is -0.904. The Morgan fingerprint density at radius 3 is 2.73 bits per heavy atom. The first-order valence-electron chi connectivity index (χ1n) is 5.05. The number of nitrogens with zero attached hydrogens (tertiary/aromatic N) is 2. The van der Waals surface area contributed by atoms with Crippen LogP contribution in [0.15, 0.2) is 6.20 Å². The Hall–Kier alpha value is -1.10. The number of thiazole rings is 1. The van der Waals surface area contributed by atoms with Crippen LogP contribution >= 0.6 is 11.3 Å². The molecule has 1 aromatic rings. The van der Waals surface area contributed by atoms with E-state index in [0.29, 0.717) is 10.9 Å². The number of aromatic nitrogens is 1. The van der Waals surface area contributed by atoms with Crippen molar-refractivity contribution in [1.82, 2.24) is 4.98 Å². The molecule has 1 aromatic heterocycles. The van der Waals surface area contributed by atoms with Gasteiger partial charge in [0.25, 0.3) is 0 Å². The molecule has 0 aliphatic carbocycles. The SMILES string of the molecule is CCC(C)N(CC)c1ncc(C(=O)O)s1. The number of anilines is 1. The second-order valence-electron chi connectivity index (χ2n) is 3.36. The van der Waals surface area contributed by atoms with Crippen molar-refractivity contribution in [3.05, 3.63) is 11.1 Å². The van der Waals surface area contributed by atoms with Gasteiger partial charge in [-0.1, -0.05) is 18.3 Å². The molecule has 1 heterocycles. The van der Waals surface area contributed by atoms with Crippen molar-refractivity contribution < 1.29 is 9.90 Å². The van der Waals surface area contributed by atoms with Crippen LogP contribution in [-0.4, -0.2) is 28.6 Å². The number of carbonyl (C=O) groups is 1. The molecule has 0 fully saturated rings. The fraction of sp³-hybridized carbons (Fsp3) is 0.600. The van der Waals surface area contributed by atoms with Gasteiger partial charge in [-0.15, -0.1) is 0 Å². The molecule has 0 amide bonds. The normalized spacial score (nSPS) is 12.5. The number of rotatable bonds is 5. The molecule has 4 nitrogen and oxygen atoms in total. The minimum atomic E-state index is -0.904. The van der Waals surface area contributed by atoms with Crippen LogP contribution in [-0.2, 0) is 0 Å². The lowest BCUT2D eigenvalue weighted by atomic mass is 10.2. The summed E-state index contributed by atoms with van der Waals surface area (Å²) in [6, 6.07) is 0.391. The van der Waals surface area contributed by atoms with Gasteiger partial charge in [0.2, 0.25) is 0 Å². The first kappa shape index (κ1) is 12.0. The van der Waals surface area contributed by atoms with Crippen LogP contribution in [0.25, 0.3) is 0 Å². The van der Waals surface area contributed by atoms with Crippen molar-refractivity contribution in [2.75, 3.05) is 11.4 Å². The van der Waals surface area contributed by atoms with E-state index in [1.807, 2.05) is 6.92 Å². The summed E-state index contributed by atoms with van der Waals surface area (Å²) in [6.45, 7) is 7.12. The van der Waals surface area contributed by atoms with Crippen LogP contribution in [0.3, 0.4) is 0 Å². The zero-order valence-corrected chi connectivity index (χ0v) is 10.0. The maximum atomic E-state index is 10.7. The van der Waals surface area contributed by atoms with Gasteiger partial charge >= 0.3 is 5.97 Å². The van der Waals surface area contributed by atoms with Crippen molar-refractivity contribution in [2.24, 2.45) is 0 Å². The Morgan fingerprint density at radius 1 is 1.67 bits per heavy atom. The van der Waals surface area contributed by atoms with E-state index >= 15 is 0 Å². The minimum absolute atomic E-state index is 0.298. The summed E-state index contributed by atoms with van der Waals surface area (Å²) in [6.07, 6.45) is 2.45. The van der Waals surface area contributed by atoms with Gasteiger partial charge < -0.3 is 10.0 Å². The van der Waals surface area contributed by atoms with Crippen LogP contribution in [0.1, 0.15) is 36.9 Å². The van der Waals surface area contributed by atoms with Gasteiger partial charge in [-0.05, 0) is 20.3 Å². The van der Waals surface area contributed by atoms with E-state index in [1.165, 1.54) is 17.5 Å². The largest absolute Gasteiger partial charge is 0.477 e. The molecule has 1 unspecified atom stereocenters. The van der Waals surface area contributed by atoms with E-state index in [1.54, 1.807) is 0 Å². The van der Waals surface area contributed by atoms with Crippen LogP contribution in [0.4, 0.5) is 5.13 Å². The first-order chi connectivity index (χ1) is 7.10. The second-order valence-corrected chi connectivity index (χ2v) is 4.36. The lowest BCUT2D eigenvalue weighted by Crippen LogP contribution is -2.32. The van der Waals surface area contributed by atoms with Crippen molar-refractivity contribution in [2.45, 2.75) is 33.2 Å². The quantitative estimate of drug-likeness (QED) is 0.841. The predicted octanol–water partition coefficient (Wildman–Crippen LogP) is 2.47. The van der Waals surface area contributed by atoms with E-state index in [2.05, 4.69) is 23.7 Å². The molecule has 0 aliphatic rings. The van der Waals surface area contributed by atoms with Crippen molar-refractivity contribution >= 4 is 22.4 Å². The third-order valence-corrected chi connectivity index (χ3v) is 3.44. The number of aromatic carboxylic acids is 1.